The number of hydrogen-bond acceptors (Lipinski definition) is 8. The Morgan fingerprint density at radius 2 is 1.60 bits per heavy atom. The van der Waals surface area contributed by atoms with E-state index in [0.29, 0.717) is 36.9 Å². The molecule has 0 radical (unpaired) electrons. The number of carboxylic acid groups (broad SMARTS) is 1. The number of nitrogens with zero attached hydrogens (tertiary/aromatic N) is 4. The molecule has 3 aliphatic rings. The number of thiazole rings is 1. The second-order valence-corrected chi connectivity index (χ2v) is 15.8. The second-order valence-electron chi connectivity index (χ2n) is 13.1. The van der Waals surface area contributed by atoms with Crippen molar-refractivity contribution in [3.63, 3.8) is 0 Å². The van der Waals surface area contributed by atoms with E-state index in [4.69, 9.17) is 12.2 Å². The summed E-state index contributed by atoms with van der Waals surface area (Å²) in [5.41, 5.74) is 7.48. The topological polar surface area (TPSA) is 86.1 Å². The van der Waals surface area contributed by atoms with Gasteiger partial charge in [0.25, 0.3) is 11.5 Å². The summed E-state index contributed by atoms with van der Waals surface area (Å²) in [6, 6.07) is 36.4. The van der Waals surface area contributed by atoms with Gasteiger partial charge in [-0.2, -0.15) is 0 Å². The number of thiocarbonyl (C=S) groups is 1. The Bertz CT molecular complexity index is 2340. The highest BCUT2D eigenvalue weighted by molar-refractivity contribution is 8.30. The third-order valence-electron chi connectivity index (χ3n) is 10.1. The number of fused-ring (bicyclic) bond motifs is 3. The zero-order valence-electron chi connectivity index (χ0n) is 28.5. The summed E-state index contributed by atoms with van der Waals surface area (Å²) in [4.78, 5) is 45.1. The lowest BCUT2D eigenvalue weighted by Crippen LogP contribution is -2.34. The molecule has 2 aliphatic heterocycles. The molecule has 4 aromatic carbocycles. The van der Waals surface area contributed by atoms with E-state index >= 15 is 0 Å². The van der Waals surface area contributed by atoms with Crippen LogP contribution in [0.4, 0.5) is 28.4 Å². The molecule has 0 bridgehead atoms. The Labute approximate surface area is 314 Å². The molecule has 5 aromatic rings. The van der Waals surface area contributed by atoms with Gasteiger partial charge < -0.3 is 14.9 Å². The standard InChI is InChI=1S/C41H36N4O4S3/c1-2-42-39(49)37(52-41(42)50)40-43(23-22-36(46)47)38(48)35(51-40)25-26-16-21-34-32(24-26)31-14-9-15-33(31)45(34)30-19-17-29(18-20-30)44(27-10-5-3-6-11-27)28-12-7-4-8-13-28/h3-8,10-13,16-21,24-25,31,33H,2,9,14-15,22-23H2,1H3,(H,46,47)/b35-25-,40-37+. The minimum absolute atomic E-state index is 0.0276. The van der Waals surface area contributed by atoms with Crippen molar-refractivity contribution in [2.45, 2.75) is 51.1 Å². The number of aliphatic carboxylic acids is 1. The summed E-state index contributed by atoms with van der Waals surface area (Å²) in [5, 5.41) is 9.40. The van der Waals surface area contributed by atoms with E-state index < -0.39 is 5.97 Å². The normalized spacial score (nSPS) is 19.4. The van der Waals surface area contributed by atoms with Crippen LogP contribution in [-0.2, 0) is 16.1 Å². The van der Waals surface area contributed by atoms with Crippen molar-refractivity contribution in [1.29, 1.82) is 0 Å². The van der Waals surface area contributed by atoms with Crippen molar-refractivity contribution in [2.75, 3.05) is 16.3 Å². The van der Waals surface area contributed by atoms with E-state index in [1.54, 1.807) is 0 Å². The largest absolute Gasteiger partial charge is 0.481 e. The first-order chi connectivity index (χ1) is 25.3. The van der Waals surface area contributed by atoms with E-state index in [-0.39, 0.29) is 24.4 Å². The number of carbonyl (C=O) groups excluding carboxylic acids is 1. The summed E-state index contributed by atoms with van der Waals surface area (Å²) < 4.78 is 2.77. The quantitative estimate of drug-likeness (QED) is 0.156. The third-order valence-corrected chi connectivity index (χ3v) is 12.7. The minimum Gasteiger partial charge on any atom is -0.481 e. The lowest BCUT2D eigenvalue weighted by atomic mass is 9.96. The van der Waals surface area contributed by atoms with Crippen LogP contribution in [0.2, 0.25) is 0 Å². The highest BCUT2D eigenvalue weighted by Crippen LogP contribution is 2.52. The van der Waals surface area contributed by atoms with Gasteiger partial charge in [-0.3, -0.25) is 23.9 Å². The van der Waals surface area contributed by atoms with Crippen molar-refractivity contribution in [3.05, 3.63) is 134 Å². The molecule has 2 unspecified atom stereocenters. The smallest absolute Gasteiger partial charge is 0.305 e. The van der Waals surface area contributed by atoms with Gasteiger partial charge in [0.15, 0.2) is 0 Å². The summed E-state index contributed by atoms with van der Waals surface area (Å²) in [6.07, 6.45) is 4.99. The molecule has 11 heteroatoms. The van der Waals surface area contributed by atoms with E-state index in [1.807, 2.05) is 31.2 Å². The molecule has 1 N–H and O–H groups in total. The fourth-order valence-corrected chi connectivity index (χ4v) is 10.4. The van der Waals surface area contributed by atoms with Crippen molar-refractivity contribution in [2.24, 2.45) is 0 Å². The lowest BCUT2D eigenvalue weighted by molar-refractivity contribution is -0.137. The molecule has 1 aliphatic carbocycles. The van der Waals surface area contributed by atoms with Crippen LogP contribution in [0.25, 0.3) is 11.0 Å². The van der Waals surface area contributed by atoms with Gasteiger partial charge in [0.2, 0.25) is 0 Å². The highest BCUT2D eigenvalue weighted by atomic mass is 32.2. The maximum absolute atomic E-state index is 13.8. The van der Waals surface area contributed by atoms with Gasteiger partial charge >= 0.3 is 5.97 Å². The van der Waals surface area contributed by atoms with Gasteiger partial charge in [-0.25, -0.2) is 0 Å². The van der Waals surface area contributed by atoms with Crippen LogP contribution in [0.1, 0.15) is 49.7 Å². The number of carboxylic acids is 1. The number of para-hydroxylation sites is 2. The molecule has 2 atom stereocenters. The summed E-state index contributed by atoms with van der Waals surface area (Å²) in [7, 11) is 0. The molecule has 1 amide bonds. The van der Waals surface area contributed by atoms with E-state index in [9.17, 15) is 19.5 Å². The molecule has 0 spiro atoms. The molecular weight excluding hydrogens is 709 g/mol. The van der Waals surface area contributed by atoms with E-state index in [2.05, 4.69) is 94.7 Å². The first-order valence-electron chi connectivity index (χ1n) is 17.5. The van der Waals surface area contributed by atoms with Crippen LogP contribution in [-0.4, -0.2) is 43.4 Å². The Hall–Kier alpha value is -4.97. The first-order valence-corrected chi connectivity index (χ1v) is 19.5. The van der Waals surface area contributed by atoms with Crippen LogP contribution in [0.3, 0.4) is 0 Å². The van der Waals surface area contributed by atoms with Crippen LogP contribution in [0.15, 0.2) is 108 Å². The van der Waals surface area contributed by atoms with Crippen molar-refractivity contribution >= 4 is 90.9 Å². The summed E-state index contributed by atoms with van der Waals surface area (Å²) in [5.74, 6) is -0.882. The Morgan fingerprint density at radius 1 is 0.923 bits per heavy atom. The van der Waals surface area contributed by atoms with Gasteiger partial charge in [0, 0.05) is 53.5 Å². The van der Waals surface area contributed by atoms with Crippen LogP contribution in [0, 0.1) is 0 Å². The average Bonchev–Trinajstić information content (AvgIpc) is 3.90. The molecule has 8 nitrogen and oxygen atoms in total. The Kier molecular flexibility index (Phi) is 9.33. The van der Waals surface area contributed by atoms with Gasteiger partial charge in [-0.1, -0.05) is 72.9 Å². The van der Waals surface area contributed by atoms with E-state index in [0.717, 1.165) is 47.6 Å². The Balaban J connectivity index is 1.16. The molecule has 1 saturated carbocycles. The lowest BCUT2D eigenvalue weighted by Gasteiger charge is -2.29. The summed E-state index contributed by atoms with van der Waals surface area (Å²) in [6.45, 7) is 2.25. The molecule has 3 heterocycles. The first kappa shape index (κ1) is 34.1. The third kappa shape index (κ3) is 6.16. The number of benzene rings is 4. The second kappa shape index (κ2) is 14.2. The monoisotopic (exact) mass is 744 g/mol. The van der Waals surface area contributed by atoms with Crippen LogP contribution < -0.4 is 24.6 Å². The average molecular weight is 745 g/mol. The maximum atomic E-state index is 13.8. The number of thioether (sulfide) groups is 1. The number of hydrogen-bond donors (Lipinski definition) is 1. The molecule has 52 heavy (non-hydrogen) atoms. The van der Waals surface area contributed by atoms with E-state index in [1.165, 1.54) is 43.8 Å². The number of aromatic nitrogens is 1. The molecule has 8 rings (SSSR count). The fourth-order valence-electron chi connectivity index (χ4n) is 7.71. The predicted molar refractivity (Wildman–Crippen MR) is 215 cm³/mol. The van der Waals surface area contributed by atoms with Crippen molar-refractivity contribution in [3.8, 4) is 0 Å². The predicted octanol–water partition coefficient (Wildman–Crippen LogP) is 7.46. The minimum atomic E-state index is -1.01. The maximum Gasteiger partial charge on any atom is 0.305 e. The van der Waals surface area contributed by atoms with Gasteiger partial charge in [0.05, 0.1) is 11.0 Å². The zero-order valence-corrected chi connectivity index (χ0v) is 30.9. The number of amides is 1. The van der Waals surface area contributed by atoms with Crippen LogP contribution in [0.5, 0.6) is 0 Å². The van der Waals surface area contributed by atoms with Gasteiger partial charge in [-0.05, 0) is 97.6 Å². The molecule has 262 valence electrons. The van der Waals surface area contributed by atoms with Gasteiger partial charge in [-0.15, -0.1) is 11.3 Å². The van der Waals surface area contributed by atoms with Crippen molar-refractivity contribution in [1.82, 2.24) is 9.47 Å². The molecular formula is C41H36N4O4S3. The fraction of sp³-hybridized carbons (Fsp3) is 0.220. The number of rotatable bonds is 9. The van der Waals surface area contributed by atoms with Gasteiger partial charge in [0.1, 0.15) is 13.9 Å². The van der Waals surface area contributed by atoms with Crippen molar-refractivity contribution < 1.29 is 14.7 Å². The number of carbonyl (C=O) groups is 2. The summed E-state index contributed by atoms with van der Waals surface area (Å²) >= 11 is 7.82. The zero-order chi connectivity index (χ0) is 35.9. The molecule has 1 aromatic heterocycles. The van der Waals surface area contributed by atoms with Crippen LogP contribution >= 0.6 is 35.3 Å². The molecule has 1 saturated heterocycles. The number of anilines is 5. The molecule has 2 fully saturated rings. The highest BCUT2D eigenvalue weighted by Gasteiger charge is 2.42. The SMILES string of the molecule is CCN1C(=O)/C(=c2\s/c(=C\c3ccc4c(c3)C3CCCC3N4c3ccc(N(c4ccccc4)c4ccccc4)cc3)c(=O)n2CCC(=O)O)SC1=S. The Morgan fingerprint density at radius 3 is 2.23 bits per heavy atom.